The van der Waals surface area contributed by atoms with Gasteiger partial charge in [0.15, 0.2) is 0 Å². The molecule has 2 aromatic carbocycles. The van der Waals surface area contributed by atoms with Crippen molar-refractivity contribution in [2.75, 3.05) is 6.54 Å². The average molecular weight is 340 g/mol. The lowest BCUT2D eigenvalue weighted by molar-refractivity contribution is 0.396. The van der Waals surface area contributed by atoms with Crippen LogP contribution in [0.5, 0.6) is 0 Å². The normalized spacial score (nSPS) is 19.5. The maximum atomic E-state index is 13.1. The molecule has 1 aliphatic rings. The molecular formula is C16H15ClFNO2S. The fraction of sp³-hybridized carbons (Fsp3) is 0.250. The number of nitrogens with zero attached hydrogens (tertiary/aromatic N) is 1. The van der Waals surface area contributed by atoms with Gasteiger partial charge in [-0.05, 0) is 42.7 Å². The molecule has 1 atom stereocenters. The van der Waals surface area contributed by atoms with Crippen LogP contribution in [0, 0.1) is 5.82 Å². The molecule has 0 N–H and O–H groups in total. The van der Waals surface area contributed by atoms with Gasteiger partial charge in [-0.1, -0.05) is 35.9 Å². The maximum Gasteiger partial charge on any atom is 0.245 e. The molecule has 0 aliphatic carbocycles. The Morgan fingerprint density at radius 1 is 1.09 bits per heavy atom. The third kappa shape index (κ3) is 2.76. The Kier molecular flexibility index (Phi) is 4.21. The molecule has 116 valence electrons. The minimum Gasteiger partial charge on any atom is -0.207 e. The first-order valence-corrected chi connectivity index (χ1v) is 8.84. The van der Waals surface area contributed by atoms with Crippen molar-refractivity contribution in [2.45, 2.75) is 23.8 Å². The maximum absolute atomic E-state index is 13.1. The fourth-order valence-electron chi connectivity index (χ4n) is 2.83. The Morgan fingerprint density at radius 2 is 1.77 bits per heavy atom. The second-order valence-electron chi connectivity index (χ2n) is 5.26. The number of hydrogen-bond donors (Lipinski definition) is 0. The molecule has 22 heavy (non-hydrogen) atoms. The van der Waals surface area contributed by atoms with Gasteiger partial charge in [0.2, 0.25) is 10.0 Å². The predicted octanol–water partition coefficient (Wildman–Crippen LogP) is 4.00. The van der Waals surface area contributed by atoms with Crippen LogP contribution in [0.4, 0.5) is 4.39 Å². The van der Waals surface area contributed by atoms with Crippen molar-refractivity contribution in [3.8, 4) is 0 Å². The van der Waals surface area contributed by atoms with Crippen LogP contribution in [0.25, 0.3) is 0 Å². The molecule has 0 amide bonds. The van der Waals surface area contributed by atoms with E-state index in [1.807, 2.05) is 0 Å². The van der Waals surface area contributed by atoms with Crippen molar-refractivity contribution in [1.29, 1.82) is 0 Å². The summed E-state index contributed by atoms with van der Waals surface area (Å²) in [6.07, 6.45) is 1.49. The highest BCUT2D eigenvalue weighted by Crippen LogP contribution is 2.37. The van der Waals surface area contributed by atoms with Crippen molar-refractivity contribution in [2.24, 2.45) is 0 Å². The largest absolute Gasteiger partial charge is 0.245 e. The summed E-state index contributed by atoms with van der Waals surface area (Å²) >= 11 is 6.05. The number of hydrogen-bond acceptors (Lipinski definition) is 2. The smallest absolute Gasteiger partial charge is 0.207 e. The minimum absolute atomic E-state index is 0.116. The van der Waals surface area contributed by atoms with Gasteiger partial charge < -0.3 is 0 Å². The summed E-state index contributed by atoms with van der Waals surface area (Å²) in [5.74, 6) is -0.331. The van der Waals surface area contributed by atoms with Crippen LogP contribution in [0.1, 0.15) is 24.4 Å². The Bertz CT molecular complexity index is 777. The molecule has 0 saturated carbocycles. The third-order valence-electron chi connectivity index (χ3n) is 3.88. The summed E-state index contributed by atoms with van der Waals surface area (Å²) in [5.41, 5.74) is 0.800. The zero-order valence-corrected chi connectivity index (χ0v) is 13.3. The number of halogens is 2. The van der Waals surface area contributed by atoms with E-state index in [2.05, 4.69) is 0 Å². The lowest BCUT2D eigenvalue weighted by Gasteiger charge is -2.25. The van der Waals surface area contributed by atoms with E-state index >= 15 is 0 Å². The minimum atomic E-state index is -3.67. The second-order valence-corrected chi connectivity index (χ2v) is 7.52. The van der Waals surface area contributed by atoms with Gasteiger partial charge in [-0.2, -0.15) is 4.31 Å². The van der Waals surface area contributed by atoms with Crippen molar-refractivity contribution in [1.82, 2.24) is 4.31 Å². The van der Waals surface area contributed by atoms with Gasteiger partial charge in [0.05, 0.1) is 11.1 Å². The van der Waals surface area contributed by atoms with E-state index in [1.165, 1.54) is 22.5 Å². The Labute approximate surface area is 134 Å². The van der Waals surface area contributed by atoms with Gasteiger partial charge >= 0.3 is 0 Å². The highest BCUT2D eigenvalue weighted by molar-refractivity contribution is 7.89. The van der Waals surface area contributed by atoms with Gasteiger partial charge in [-0.15, -0.1) is 0 Å². The van der Waals surface area contributed by atoms with E-state index in [9.17, 15) is 12.8 Å². The molecule has 0 radical (unpaired) electrons. The summed E-state index contributed by atoms with van der Waals surface area (Å²) in [6, 6.07) is 12.1. The monoisotopic (exact) mass is 339 g/mol. The van der Waals surface area contributed by atoms with Gasteiger partial charge in [-0.3, -0.25) is 0 Å². The predicted molar refractivity (Wildman–Crippen MR) is 83.7 cm³/mol. The van der Waals surface area contributed by atoms with Gasteiger partial charge in [-0.25, -0.2) is 12.8 Å². The SMILES string of the molecule is O=S(=O)(c1ccccc1Cl)N1CCC[C@@H]1c1ccc(F)cc1. The van der Waals surface area contributed by atoms with E-state index in [0.717, 1.165) is 18.4 Å². The highest BCUT2D eigenvalue weighted by Gasteiger charge is 2.36. The van der Waals surface area contributed by atoms with Crippen LogP contribution >= 0.6 is 11.6 Å². The summed E-state index contributed by atoms with van der Waals surface area (Å²) < 4.78 is 40.3. The van der Waals surface area contributed by atoms with Gasteiger partial charge in [0.25, 0.3) is 0 Å². The quantitative estimate of drug-likeness (QED) is 0.847. The molecule has 0 aromatic heterocycles. The Balaban J connectivity index is 1.99. The summed E-state index contributed by atoms with van der Waals surface area (Å²) in [6.45, 7) is 0.440. The summed E-state index contributed by atoms with van der Waals surface area (Å²) in [5, 5.41) is 0.215. The molecule has 1 heterocycles. The van der Waals surface area contributed by atoms with Crippen LogP contribution in [0.3, 0.4) is 0 Å². The molecule has 3 rings (SSSR count). The average Bonchev–Trinajstić information content (AvgIpc) is 2.98. The topological polar surface area (TPSA) is 37.4 Å². The van der Waals surface area contributed by atoms with E-state index in [1.54, 1.807) is 30.3 Å². The van der Waals surface area contributed by atoms with Crippen LogP contribution in [0.2, 0.25) is 5.02 Å². The zero-order chi connectivity index (χ0) is 15.7. The van der Waals surface area contributed by atoms with Crippen molar-refractivity contribution in [3.05, 3.63) is 64.9 Å². The first kappa shape index (κ1) is 15.5. The molecular weight excluding hydrogens is 325 g/mol. The molecule has 0 unspecified atom stereocenters. The van der Waals surface area contributed by atoms with Crippen LogP contribution in [-0.2, 0) is 10.0 Å². The molecule has 2 aromatic rings. The molecule has 0 spiro atoms. The van der Waals surface area contributed by atoms with Crippen molar-refractivity contribution in [3.63, 3.8) is 0 Å². The first-order chi connectivity index (χ1) is 10.5. The highest BCUT2D eigenvalue weighted by atomic mass is 35.5. The molecule has 1 fully saturated rings. The molecule has 1 aliphatic heterocycles. The molecule has 0 bridgehead atoms. The first-order valence-electron chi connectivity index (χ1n) is 7.02. The van der Waals surface area contributed by atoms with Gasteiger partial charge in [0, 0.05) is 6.54 Å². The van der Waals surface area contributed by atoms with Crippen LogP contribution < -0.4 is 0 Å². The van der Waals surface area contributed by atoms with E-state index in [0.29, 0.717) is 6.54 Å². The third-order valence-corrected chi connectivity index (χ3v) is 6.29. The van der Waals surface area contributed by atoms with Crippen molar-refractivity contribution >= 4 is 21.6 Å². The number of benzene rings is 2. The van der Waals surface area contributed by atoms with Gasteiger partial charge in [0.1, 0.15) is 10.7 Å². The Hall–Kier alpha value is -1.43. The van der Waals surface area contributed by atoms with E-state index < -0.39 is 10.0 Å². The zero-order valence-electron chi connectivity index (χ0n) is 11.7. The lowest BCUT2D eigenvalue weighted by atomic mass is 10.1. The standard InChI is InChI=1S/C16H15ClFNO2S/c17-14-4-1-2-6-16(14)22(20,21)19-11-3-5-15(19)12-7-9-13(18)10-8-12/h1-2,4,6-10,15H,3,5,11H2/t15-/m1/s1. The van der Waals surface area contributed by atoms with Crippen LogP contribution in [-0.4, -0.2) is 19.3 Å². The molecule has 1 saturated heterocycles. The second kappa shape index (κ2) is 5.99. The Morgan fingerprint density at radius 3 is 2.45 bits per heavy atom. The summed E-state index contributed by atoms with van der Waals surface area (Å²) in [7, 11) is -3.67. The van der Waals surface area contributed by atoms with E-state index in [-0.39, 0.29) is 21.8 Å². The van der Waals surface area contributed by atoms with E-state index in [4.69, 9.17) is 11.6 Å². The summed E-state index contributed by atoms with van der Waals surface area (Å²) in [4.78, 5) is 0.116. The fourth-order valence-corrected chi connectivity index (χ4v) is 5.00. The molecule has 6 heteroatoms. The van der Waals surface area contributed by atoms with Crippen molar-refractivity contribution < 1.29 is 12.8 Å². The number of sulfonamides is 1. The lowest BCUT2D eigenvalue weighted by Crippen LogP contribution is -2.30. The number of rotatable bonds is 3. The molecule has 3 nitrogen and oxygen atoms in total. The van der Waals surface area contributed by atoms with Crippen LogP contribution in [0.15, 0.2) is 53.4 Å².